The van der Waals surface area contributed by atoms with Crippen molar-refractivity contribution < 1.29 is 13.6 Å². The molecule has 0 aromatic carbocycles. The van der Waals surface area contributed by atoms with Crippen molar-refractivity contribution in [2.45, 2.75) is 38.5 Å². The second kappa shape index (κ2) is 7.42. The van der Waals surface area contributed by atoms with Gasteiger partial charge in [-0.25, -0.2) is 0 Å². The monoisotopic (exact) mass is 284 g/mol. The van der Waals surface area contributed by atoms with Crippen LogP contribution >= 0.6 is 7.60 Å². The molecule has 108 valence electrons. The van der Waals surface area contributed by atoms with E-state index < -0.39 is 7.60 Å². The minimum Gasteiger partial charge on any atom is -0.308 e. The Morgan fingerprint density at radius 2 is 1.47 bits per heavy atom. The van der Waals surface area contributed by atoms with E-state index in [0.29, 0.717) is 25.0 Å². The van der Waals surface area contributed by atoms with Crippen LogP contribution in [-0.4, -0.2) is 19.9 Å². The van der Waals surface area contributed by atoms with E-state index in [1.165, 1.54) is 12.8 Å². The van der Waals surface area contributed by atoms with Crippen LogP contribution in [0.15, 0.2) is 24.3 Å². The molecule has 0 N–H and O–H groups in total. The maximum atomic E-state index is 12.2. The molecule has 19 heavy (non-hydrogen) atoms. The molecule has 3 nitrogen and oxygen atoms in total. The van der Waals surface area contributed by atoms with Crippen molar-refractivity contribution in [3.63, 3.8) is 0 Å². The Morgan fingerprint density at radius 3 is 1.84 bits per heavy atom. The summed E-state index contributed by atoms with van der Waals surface area (Å²) in [7, 11) is -2.89. The molecule has 0 fully saturated rings. The highest BCUT2D eigenvalue weighted by molar-refractivity contribution is 7.52. The molecule has 2 rings (SSSR count). The van der Waals surface area contributed by atoms with E-state index in [1.54, 1.807) is 6.66 Å². The van der Waals surface area contributed by atoms with Gasteiger partial charge in [-0.1, -0.05) is 24.3 Å². The average molecular weight is 284 g/mol. The summed E-state index contributed by atoms with van der Waals surface area (Å²) >= 11 is 0. The van der Waals surface area contributed by atoms with E-state index >= 15 is 0 Å². The van der Waals surface area contributed by atoms with E-state index in [-0.39, 0.29) is 0 Å². The van der Waals surface area contributed by atoms with E-state index in [4.69, 9.17) is 9.05 Å². The van der Waals surface area contributed by atoms with Gasteiger partial charge in [0.25, 0.3) is 0 Å². The Kier molecular flexibility index (Phi) is 5.87. The standard InChI is InChI=1S/C15H25O3P/c1-19(16,17-12-14-8-4-2-5-9-14)18-13-15-10-6-3-7-11-15/h4,6,8,10,14-15H,2-3,5,7,9,11-13H2,1H3. The average Bonchev–Trinajstić information content (AvgIpc) is 2.46. The lowest BCUT2D eigenvalue weighted by atomic mass is 9.97. The van der Waals surface area contributed by atoms with Crippen LogP contribution in [-0.2, 0) is 13.6 Å². The first kappa shape index (κ1) is 15.0. The third kappa shape index (κ3) is 5.64. The normalized spacial score (nSPS) is 30.2. The summed E-state index contributed by atoms with van der Waals surface area (Å²) in [5.41, 5.74) is 0. The first-order valence-corrected chi connectivity index (χ1v) is 9.34. The minimum atomic E-state index is -2.89. The third-order valence-electron chi connectivity index (χ3n) is 3.75. The first-order chi connectivity index (χ1) is 9.16. The molecule has 2 aliphatic rings. The van der Waals surface area contributed by atoms with Crippen molar-refractivity contribution in [2.75, 3.05) is 19.9 Å². The highest BCUT2D eigenvalue weighted by atomic mass is 31.2. The SMILES string of the molecule is CP(=O)(OCC1C=CCCC1)OCC1C=CCCC1. The van der Waals surface area contributed by atoms with Gasteiger partial charge in [-0.05, 0) is 38.5 Å². The number of rotatable bonds is 6. The fourth-order valence-corrected chi connectivity index (χ4v) is 3.54. The summed E-state index contributed by atoms with van der Waals surface area (Å²) in [5.74, 6) is 0.806. The summed E-state index contributed by atoms with van der Waals surface area (Å²) < 4.78 is 23.2. The van der Waals surface area contributed by atoms with Gasteiger partial charge in [0, 0.05) is 18.5 Å². The Morgan fingerprint density at radius 1 is 1.00 bits per heavy atom. The molecule has 2 atom stereocenters. The fraction of sp³-hybridized carbons (Fsp3) is 0.733. The quantitative estimate of drug-likeness (QED) is 0.530. The molecule has 0 bridgehead atoms. The molecule has 0 heterocycles. The van der Waals surface area contributed by atoms with Crippen LogP contribution in [0.3, 0.4) is 0 Å². The summed E-state index contributed by atoms with van der Waals surface area (Å²) in [6.07, 6.45) is 15.7. The molecule has 4 heteroatoms. The van der Waals surface area contributed by atoms with Crippen LogP contribution in [0.2, 0.25) is 0 Å². The molecule has 0 saturated carbocycles. The van der Waals surface area contributed by atoms with E-state index in [0.717, 1.165) is 25.7 Å². The van der Waals surface area contributed by atoms with Gasteiger partial charge in [0.05, 0.1) is 13.2 Å². The molecule has 0 aromatic rings. The summed E-state index contributed by atoms with van der Waals surface area (Å²) in [4.78, 5) is 0. The van der Waals surface area contributed by atoms with Gasteiger partial charge >= 0.3 is 7.60 Å². The lowest BCUT2D eigenvalue weighted by molar-refractivity contribution is 0.174. The van der Waals surface area contributed by atoms with Gasteiger partial charge < -0.3 is 9.05 Å². The third-order valence-corrected chi connectivity index (χ3v) is 4.99. The molecule has 0 amide bonds. The van der Waals surface area contributed by atoms with Crippen LogP contribution in [0, 0.1) is 11.8 Å². The van der Waals surface area contributed by atoms with Crippen molar-refractivity contribution in [3.05, 3.63) is 24.3 Å². The lowest BCUT2D eigenvalue weighted by Gasteiger charge is -2.22. The second-order valence-corrected chi connectivity index (χ2v) is 7.66. The predicted octanol–water partition coefficient (Wildman–Crippen LogP) is 4.56. The fourth-order valence-electron chi connectivity index (χ4n) is 2.54. The van der Waals surface area contributed by atoms with Gasteiger partial charge in [-0.3, -0.25) is 4.57 Å². The van der Waals surface area contributed by atoms with Crippen molar-refractivity contribution in [1.82, 2.24) is 0 Å². The zero-order chi connectivity index (χ0) is 13.6. The lowest BCUT2D eigenvalue weighted by Crippen LogP contribution is -2.12. The Bertz CT molecular complexity index is 344. The van der Waals surface area contributed by atoms with Crippen LogP contribution in [0.1, 0.15) is 38.5 Å². The zero-order valence-corrected chi connectivity index (χ0v) is 12.7. The Labute approximate surface area is 116 Å². The van der Waals surface area contributed by atoms with Gasteiger partial charge in [-0.15, -0.1) is 0 Å². The Balaban J connectivity index is 1.70. The van der Waals surface area contributed by atoms with Crippen molar-refractivity contribution >= 4 is 7.60 Å². The van der Waals surface area contributed by atoms with Crippen LogP contribution < -0.4 is 0 Å². The molecule has 0 aromatic heterocycles. The maximum absolute atomic E-state index is 12.2. The summed E-state index contributed by atoms with van der Waals surface area (Å²) in [6, 6.07) is 0. The molecule has 0 aliphatic heterocycles. The number of hydrogen-bond donors (Lipinski definition) is 0. The zero-order valence-electron chi connectivity index (χ0n) is 11.8. The van der Waals surface area contributed by atoms with Crippen LogP contribution in [0.4, 0.5) is 0 Å². The number of allylic oxidation sites excluding steroid dienone is 2. The highest BCUT2D eigenvalue weighted by Gasteiger charge is 2.21. The predicted molar refractivity (Wildman–Crippen MR) is 78.4 cm³/mol. The molecule has 2 unspecified atom stereocenters. The van der Waals surface area contributed by atoms with Gasteiger partial charge in [-0.2, -0.15) is 0 Å². The largest absolute Gasteiger partial charge is 0.327 e. The summed E-state index contributed by atoms with van der Waals surface area (Å²) in [5, 5.41) is 0. The minimum absolute atomic E-state index is 0.403. The molecule has 0 saturated heterocycles. The molecule has 2 aliphatic carbocycles. The maximum Gasteiger partial charge on any atom is 0.327 e. The molecule has 0 radical (unpaired) electrons. The van der Waals surface area contributed by atoms with E-state index in [9.17, 15) is 4.57 Å². The van der Waals surface area contributed by atoms with Crippen molar-refractivity contribution in [2.24, 2.45) is 11.8 Å². The first-order valence-electron chi connectivity index (χ1n) is 7.36. The smallest absolute Gasteiger partial charge is 0.308 e. The van der Waals surface area contributed by atoms with E-state index in [2.05, 4.69) is 24.3 Å². The second-order valence-electron chi connectivity index (χ2n) is 5.60. The van der Waals surface area contributed by atoms with Gasteiger partial charge in [0.1, 0.15) is 0 Å². The molecule has 0 spiro atoms. The molecular formula is C15H25O3P. The van der Waals surface area contributed by atoms with E-state index in [1.807, 2.05) is 0 Å². The molecular weight excluding hydrogens is 259 g/mol. The van der Waals surface area contributed by atoms with Crippen molar-refractivity contribution in [3.8, 4) is 0 Å². The van der Waals surface area contributed by atoms with Crippen LogP contribution in [0.5, 0.6) is 0 Å². The highest BCUT2D eigenvalue weighted by Crippen LogP contribution is 2.45. The summed E-state index contributed by atoms with van der Waals surface area (Å²) in [6.45, 7) is 2.63. The topological polar surface area (TPSA) is 35.5 Å². The Hall–Kier alpha value is -0.370. The van der Waals surface area contributed by atoms with Gasteiger partial charge in [0.2, 0.25) is 0 Å². The van der Waals surface area contributed by atoms with Crippen LogP contribution in [0.25, 0.3) is 0 Å². The number of hydrogen-bond acceptors (Lipinski definition) is 3. The van der Waals surface area contributed by atoms with Crippen molar-refractivity contribution in [1.29, 1.82) is 0 Å². The van der Waals surface area contributed by atoms with Gasteiger partial charge in [0.15, 0.2) is 0 Å².